The Kier molecular flexibility index (Phi) is 8.56. The van der Waals surface area contributed by atoms with E-state index < -0.39 is 0 Å². The van der Waals surface area contributed by atoms with Crippen LogP contribution in [-0.4, -0.2) is 43.2 Å². The zero-order chi connectivity index (χ0) is 12.0. The Labute approximate surface area is 110 Å². The highest BCUT2D eigenvalue weighted by Crippen LogP contribution is 2.16. The Morgan fingerprint density at radius 1 is 1.53 bits per heavy atom. The Morgan fingerprint density at radius 3 is 2.82 bits per heavy atom. The lowest BCUT2D eigenvalue weighted by Crippen LogP contribution is -2.49. The third-order valence-electron chi connectivity index (χ3n) is 2.89. The number of hydrogen-bond acceptors (Lipinski definition) is 3. The molecule has 0 saturated carbocycles. The summed E-state index contributed by atoms with van der Waals surface area (Å²) in [6, 6.07) is 0.263. The smallest absolute Gasteiger partial charge is 0.223 e. The second-order valence-corrected chi connectivity index (χ2v) is 4.84. The molecule has 1 aliphatic rings. The van der Waals surface area contributed by atoms with E-state index >= 15 is 0 Å². The van der Waals surface area contributed by atoms with E-state index in [1.54, 1.807) is 0 Å². The van der Waals surface area contributed by atoms with Crippen molar-refractivity contribution in [2.24, 2.45) is 11.7 Å². The standard InChI is InChI=1S/C12H24N2O2.ClH/c1-10(2)8-11-9-16-7-6-14(11)12(15)4-3-5-13;/h10-11H,3-9,13H2,1-2H3;1H. The molecule has 1 atom stereocenters. The number of nitrogens with zero attached hydrogens (tertiary/aromatic N) is 1. The summed E-state index contributed by atoms with van der Waals surface area (Å²) in [6.45, 7) is 7.04. The first-order chi connectivity index (χ1) is 7.65. The van der Waals surface area contributed by atoms with Crippen molar-refractivity contribution in [3.05, 3.63) is 0 Å². The molecule has 2 N–H and O–H groups in total. The topological polar surface area (TPSA) is 55.6 Å². The molecule has 1 fully saturated rings. The van der Waals surface area contributed by atoms with E-state index in [1.807, 2.05) is 4.90 Å². The number of ether oxygens (including phenoxy) is 1. The van der Waals surface area contributed by atoms with Gasteiger partial charge in [-0.25, -0.2) is 0 Å². The van der Waals surface area contributed by atoms with Crippen molar-refractivity contribution in [2.45, 2.75) is 39.2 Å². The minimum absolute atomic E-state index is 0. The minimum Gasteiger partial charge on any atom is -0.377 e. The van der Waals surface area contributed by atoms with Gasteiger partial charge in [-0.15, -0.1) is 12.4 Å². The molecule has 0 bridgehead atoms. The summed E-state index contributed by atoms with van der Waals surface area (Å²) in [5.41, 5.74) is 5.43. The van der Waals surface area contributed by atoms with E-state index in [1.165, 1.54) is 0 Å². The average Bonchev–Trinajstić information content (AvgIpc) is 2.26. The fourth-order valence-electron chi connectivity index (χ4n) is 2.12. The Morgan fingerprint density at radius 2 is 2.24 bits per heavy atom. The summed E-state index contributed by atoms with van der Waals surface area (Å²) in [4.78, 5) is 13.9. The molecule has 0 aromatic rings. The Bertz CT molecular complexity index is 225. The largest absolute Gasteiger partial charge is 0.377 e. The van der Waals surface area contributed by atoms with Gasteiger partial charge < -0.3 is 15.4 Å². The third kappa shape index (κ3) is 5.70. The van der Waals surface area contributed by atoms with Crippen molar-refractivity contribution < 1.29 is 9.53 Å². The first-order valence-electron chi connectivity index (χ1n) is 6.22. The molecule has 4 nitrogen and oxygen atoms in total. The molecule has 0 radical (unpaired) electrons. The van der Waals surface area contributed by atoms with Crippen molar-refractivity contribution in [3.63, 3.8) is 0 Å². The van der Waals surface area contributed by atoms with Crippen LogP contribution in [0.3, 0.4) is 0 Å². The van der Waals surface area contributed by atoms with Crippen LogP contribution in [0.2, 0.25) is 0 Å². The first kappa shape index (κ1) is 16.7. The quantitative estimate of drug-likeness (QED) is 0.817. The van der Waals surface area contributed by atoms with E-state index in [4.69, 9.17) is 10.5 Å². The van der Waals surface area contributed by atoms with Crippen LogP contribution in [0.4, 0.5) is 0 Å². The number of nitrogens with two attached hydrogens (primary N) is 1. The number of carbonyl (C=O) groups excluding carboxylic acids is 1. The molecule has 0 aromatic carbocycles. The highest BCUT2D eigenvalue weighted by molar-refractivity contribution is 5.85. The molecular formula is C12H25ClN2O2. The van der Waals surface area contributed by atoms with Crippen molar-refractivity contribution in [1.29, 1.82) is 0 Å². The van der Waals surface area contributed by atoms with Gasteiger partial charge in [-0.05, 0) is 25.3 Å². The second-order valence-electron chi connectivity index (χ2n) is 4.84. The zero-order valence-electron chi connectivity index (χ0n) is 10.9. The Balaban J connectivity index is 0.00000256. The van der Waals surface area contributed by atoms with Crippen LogP contribution >= 0.6 is 12.4 Å². The predicted molar refractivity (Wildman–Crippen MR) is 71.3 cm³/mol. The molecule has 1 unspecified atom stereocenters. The summed E-state index contributed by atoms with van der Waals surface area (Å²) in [7, 11) is 0. The molecule has 0 aromatic heterocycles. The molecule has 5 heteroatoms. The number of amides is 1. The average molecular weight is 265 g/mol. The summed E-state index contributed by atoms with van der Waals surface area (Å²) >= 11 is 0. The van der Waals surface area contributed by atoms with E-state index in [0.717, 1.165) is 19.4 Å². The SMILES string of the molecule is CC(C)CC1COCCN1C(=O)CCCN.Cl. The van der Waals surface area contributed by atoms with Crippen LogP contribution in [0, 0.1) is 5.92 Å². The van der Waals surface area contributed by atoms with Crippen molar-refractivity contribution >= 4 is 18.3 Å². The van der Waals surface area contributed by atoms with Crippen LogP contribution in [0.25, 0.3) is 0 Å². The van der Waals surface area contributed by atoms with E-state index in [9.17, 15) is 4.79 Å². The summed E-state index contributed by atoms with van der Waals surface area (Å²) in [5, 5.41) is 0. The maximum absolute atomic E-state index is 12.0. The molecule has 1 heterocycles. The van der Waals surface area contributed by atoms with Gasteiger partial charge >= 0.3 is 0 Å². The van der Waals surface area contributed by atoms with Gasteiger partial charge in [0.1, 0.15) is 0 Å². The molecule has 0 aliphatic carbocycles. The Hall–Kier alpha value is -0.320. The lowest BCUT2D eigenvalue weighted by molar-refractivity contribution is -0.140. The van der Waals surface area contributed by atoms with Gasteiger partial charge in [-0.2, -0.15) is 0 Å². The molecule has 1 rings (SSSR count). The summed E-state index contributed by atoms with van der Waals surface area (Å²) in [6.07, 6.45) is 2.38. The number of rotatable bonds is 5. The third-order valence-corrected chi connectivity index (χ3v) is 2.89. The molecule has 1 amide bonds. The highest BCUT2D eigenvalue weighted by atomic mass is 35.5. The monoisotopic (exact) mass is 264 g/mol. The van der Waals surface area contributed by atoms with Crippen molar-refractivity contribution in [3.8, 4) is 0 Å². The number of hydrogen-bond donors (Lipinski definition) is 1. The number of carbonyl (C=O) groups is 1. The molecule has 1 aliphatic heterocycles. The van der Waals surface area contributed by atoms with Crippen LogP contribution in [-0.2, 0) is 9.53 Å². The van der Waals surface area contributed by atoms with Gasteiger partial charge in [0, 0.05) is 13.0 Å². The lowest BCUT2D eigenvalue weighted by Gasteiger charge is -2.36. The highest BCUT2D eigenvalue weighted by Gasteiger charge is 2.27. The fraction of sp³-hybridized carbons (Fsp3) is 0.917. The number of halogens is 1. The van der Waals surface area contributed by atoms with Crippen molar-refractivity contribution in [1.82, 2.24) is 4.90 Å². The van der Waals surface area contributed by atoms with Crippen LogP contribution in [0.1, 0.15) is 33.1 Å². The first-order valence-corrected chi connectivity index (χ1v) is 6.22. The van der Waals surface area contributed by atoms with E-state index in [-0.39, 0.29) is 24.4 Å². The van der Waals surface area contributed by atoms with Crippen LogP contribution in [0.15, 0.2) is 0 Å². The minimum atomic E-state index is 0. The van der Waals surface area contributed by atoms with Gasteiger partial charge in [0.05, 0.1) is 19.3 Å². The second kappa shape index (κ2) is 8.72. The normalized spacial score (nSPS) is 20.2. The maximum atomic E-state index is 12.0. The van der Waals surface area contributed by atoms with Gasteiger partial charge in [0.15, 0.2) is 0 Å². The van der Waals surface area contributed by atoms with E-state index in [0.29, 0.717) is 32.1 Å². The van der Waals surface area contributed by atoms with Gasteiger partial charge in [0.25, 0.3) is 0 Å². The zero-order valence-corrected chi connectivity index (χ0v) is 11.7. The maximum Gasteiger partial charge on any atom is 0.223 e. The molecule has 102 valence electrons. The van der Waals surface area contributed by atoms with Crippen LogP contribution in [0.5, 0.6) is 0 Å². The fourth-order valence-corrected chi connectivity index (χ4v) is 2.12. The van der Waals surface area contributed by atoms with Gasteiger partial charge in [-0.1, -0.05) is 13.8 Å². The lowest BCUT2D eigenvalue weighted by atomic mass is 10.0. The van der Waals surface area contributed by atoms with Gasteiger partial charge in [0.2, 0.25) is 5.91 Å². The van der Waals surface area contributed by atoms with Gasteiger partial charge in [-0.3, -0.25) is 4.79 Å². The van der Waals surface area contributed by atoms with Crippen LogP contribution < -0.4 is 5.73 Å². The molecular weight excluding hydrogens is 240 g/mol. The summed E-state index contributed by atoms with van der Waals surface area (Å²) < 4.78 is 5.45. The predicted octanol–water partition coefficient (Wildman–Crippen LogP) is 1.42. The number of morpholine rings is 1. The molecule has 17 heavy (non-hydrogen) atoms. The summed E-state index contributed by atoms with van der Waals surface area (Å²) in [5.74, 6) is 0.830. The van der Waals surface area contributed by atoms with E-state index in [2.05, 4.69) is 13.8 Å². The molecule has 1 saturated heterocycles. The van der Waals surface area contributed by atoms with Crippen molar-refractivity contribution in [2.75, 3.05) is 26.3 Å². The molecule has 0 spiro atoms.